The number of esters is 1. The van der Waals surface area contributed by atoms with Crippen LogP contribution in [0.3, 0.4) is 0 Å². The molecule has 7 heteroatoms. The average molecular weight is 440 g/mol. The van der Waals surface area contributed by atoms with Gasteiger partial charge in [0.2, 0.25) is 0 Å². The van der Waals surface area contributed by atoms with Crippen LogP contribution in [0.15, 0.2) is 18.2 Å². The predicted octanol–water partition coefficient (Wildman–Crippen LogP) is 3.77. The number of ether oxygens (including phenoxy) is 1. The van der Waals surface area contributed by atoms with E-state index in [0.717, 1.165) is 41.9 Å². The Morgan fingerprint density at radius 3 is 2.12 bits per heavy atom. The topological polar surface area (TPSA) is 101 Å². The van der Waals surface area contributed by atoms with Crippen LogP contribution >= 0.6 is 0 Å². The van der Waals surface area contributed by atoms with Gasteiger partial charge in [0.15, 0.2) is 0 Å². The minimum absolute atomic E-state index is 0.0613. The first-order valence-electron chi connectivity index (χ1n) is 11.6. The molecule has 6 rings (SSSR count). The van der Waals surface area contributed by atoms with E-state index in [9.17, 15) is 24.3 Å². The highest BCUT2D eigenvalue weighted by molar-refractivity contribution is 6.23. The van der Waals surface area contributed by atoms with Crippen molar-refractivity contribution in [1.29, 1.82) is 0 Å². The zero-order chi connectivity index (χ0) is 22.8. The highest BCUT2D eigenvalue weighted by Crippen LogP contribution is 2.60. The molecule has 1 aromatic carbocycles. The van der Waals surface area contributed by atoms with E-state index in [4.69, 9.17) is 4.74 Å². The van der Waals surface area contributed by atoms with Gasteiger partial charge in [0, 0.05) is 5.41 Å². The third kappa shape index (κ3) is 3.33. The van der Waals surface area contributed by atoms with Crippen molar-refractivity contribution in [2.75, 3.05) is 6.61 Å². The van der Waals surface area contributed by atoms with Gasteiger partial charge in [0.1, 0.15) is 6.04 Å². The molecule has 0 unspecified atom stereocenters. The van der Waals surface area contributed by atoms with Gasteiger partial charge in [0.25, 0.3) is 11.8 Å². The summed E-state index contributed by atoms with van der Waals surface area (Å²) in [5.41, 5.74) is 0.494. The Balaban J connectivity index is 1.32. The quantitative estimate of drug-likeness (QED) is 0.535. The average Bonchev–Trinajstić information content (AvgIpc) is 2.95. The number of carbonyl (C=O) groups is 4. The molecule has 32 heavy (non-hydrogen) atoms. The molecule has 1 aromatic rings. The number of rotatable bonds is 6. The van der Waals surface area contributed by atoms with E-state index in [1.807, 2.05) is 0 Å². The molecule has 1 atom stereocenters. The number of fused-ring (bicyclic) bond motifs is 1. The van der Waals surface area contributed by atoms with Crippen LogP contribution in [0.4, 0.5) is 0 Å². The predicted molar refractivity (Wildman–Crippen MR) is 114 cm³/mol. The van der Waals surface area contributed by atoms with Crippen LogP contribution in [-0.4, -0.2) is 46.4 Å². The summed E-state index contributed by atoms with van der Waals surface area (Å²) in [5.74, 6) is -1.21. The Morgan fingerprint density at radius 2 is 1.59 bits per heavy atom. The van der Waals surface area contributed by atoms with E-state index in [1.165, 1.54) is 37.5 Å². The van der Waals surface area contributed by atoms with E-state index in [-0.39, 0.29) is 22.1 Å². The molecule has 4 saturated carbocycles. The fourth-order valence-corrected chi connectivity index (χ4v) is 7.10. The van der Waals surface area contributed by atoms with Crippen LogP contribution in [0, 0.1) is 29.1 Å². The molecule has 4 bridgehead atoms. The fraction of sp³-hybridized carbons (Fsp3) is 0.600. The summed E-state index contributed by atoms with van der Waals surface area (Å²) in [6.45, 7) is 3.70. The number of carboxylic acid groups (broad SMARTS) is 1. The first-order chi connectivity index (χ1) is 15.2. The molecule has 1 aliphatic heterocycles. The van der Waals surface area contributed by atoms with Crippen molar-refractivity contribution >= 4 is 23.8 Å². The largest absolute Gasteiger partial charge is 0.480 e. The zero-order valence-corrected chi connectivity index (χ0v) is 18.5. The minimum atomic E-state index is -1.26. The summed E-state index contributed by atoms with van der Waals surface area (Å²) in [4.78, 5) is 51.0. The second kappa shape index (κ2) is 7.42. The molecule has 0 radical (unpaired) electrons. The normalized spacial score (nSPS) is 31.2. The van der Waals surface area contributed by atoms with Crippen molar-refractivity contribution in [2.45, 2.75) is 58.4 Å². The molecule has 4 aliphatic carbocycles. The van der Waals surface area contributed by atoms with Crippen molar-refractivity contribution < 1.29 is 29.0 Å². The van der Waals surface area contributed by atoms with Gasteiger partial charge < -0.3 is 9.84 Å². The lowest BCUT2D eigenvalue weighted by Crippen LogP contribution is -2.48. The van der Waals surface area contributed by atoms with E-state index in [1.54, 1.807) is 13.8 Å². The molecular weight excluding hydrogens is 410 g/mol. The van der Waals surface area contributed by atoms with Crippen molar-refractivity contribution in [1.82, 2.24) is 4.90 Å². The van der Waals surface area contributed by atoms with Gasteiger partial charge in [0.05, 0.1) is 23.3 Å². The fourth-order valence-electron chi connectivity index (χ4n) is 7.10. The number of carbonyl (C=O) groups excluding carboxylic acids is 3. The van der Waals surface area contributed by atoms with Crippen molar-refractivity contribution in [2.24, 2.45) is 29.1 Å². The molecule has 2 amide bonds. The number of amides is 2. The lowest BCUT2D eigenvalue weighted by Gasteiger charge is -2.56. The van der Waals surface area contributed by atoms with E-state index in [2.05, 4.69) is 0 Å². The highest BCUT2D eigenvalue weighted by Gasteiger charge is 2.51. The third-order valence-corrected chi connectivity index (χ3v) is 7.99. The first kappa shape index (κ1) is 21.2. The van der Waals surface area contributed by atoms with E-state index < -0.39 is 35.7 Å². The summed E-state index contributed by atoms with van der Waals surface area (Å²) in [7, 11) is 0. The zero-order valence-electron chi connectivity index (χ0n) is 18.5. The van der Waals surface area contributed by atoms with Gasteiger partial charge in [-0.15, -0.1) is 0 Å². The van der Waals surface area contributed by atoms with Crippen molar-refractivity contribution in [3.05, 3.63) is 34.9 Å². The molecule has 5 aliphatic rings. The number of carboxylic acids is 1. The van der Waals surface area contributed by atoms with Crippen LogP contribution in [0.2, 0.25) is 0 Å². The molecular formula is C25H29NO6. The summed E-state index contributed by atoms with van der Waals surface area (Å²) in [6.07, 6.45) is 7.34. The number of aliphatic carboxylic acids is 1. The summed E-state index contributed by atoms with van der Waals surface area (Å²) >= 11 is 0. The van der Waals surface area contributed by atoms with Gasteiger partial charge in [-0.25, -0.2) is 9.59 Å². The third-order valence-electron chi connectivity index (χ3n) is 7.99. The number of benzene rings is 1. The van der Waals surface area contributed by atoms with Gasteiger partial charge >= 0.3 is 11.9 Å². The number of nitrogens with zero attached hydrogens (tertiary/aromatic N) is 1. The Morgan fingerprint density at radius 1 is 1.03 bits per heavy atom. The summed E-state index contributed by atoms with van der Waals surface area (Å²) in [6, 6.07) is 3.03. The molecule has 7 nitrogen and oxygen atoms in total. The van der Waals surface area contributed by atoms with Crippen LogP contribution in [0.5, 0.6) is 0 Å². The molecule has 1 heterocycles. The van der Waals surface area contributed by atoms with Gasteiger partial charge in [-0.3, -0.25) is 14.5 Å². The molecule has 0 aromatic heterocycles. The number of imide groups is 1. The maximum Gasteiger partial charge on any atom is 0.338 e. The lowest BCUT2D eigenvalue weighted by molar-refractivity contribution is -0.143. The van der Waals surface area contributed by atoms with E-state index >= 15 is 0 Å². The van der Waals surface area contributed by atoms with Crippen molar-refractivity contribution in [3.8, 4) is 0 Å². The van der Waals surface area contributed by atoms with E-state index in [0.29, 0.717) is 6.61 Å². The van der Waals surface area contributed by atoms with Gasteiger partial charge in [-0.1, -0.05) is 13.8 Å². The molecule has 170 valence electrons. The molecule has 4 fully saturated rings. The maximum absolute atomic E-state index is 12.9. The first-order valence-corrected chi connectivity index (χ1v) is 11.6. The van der Waals surface area contributed by atoms with Crippen LogP contribution in [0.1, 0.15) is 83.4 Å². The Labute approximate surface area is 187 Å². The Bertz CT molecular complexity index is 976. The van der Waals surface area contributed by atoms with Crippen LogP contribution in [-0.2, 0) is 9.53 Å². The highest BCUT2D eigenvalue weighted by atomic mass is 16.5. The van der Waals surface area contributed by atoms with Crippen molar-refractivity contribution in [3.63, 3.8) is 0 Å². The number of hydrogen-bond acceptors (Lipinski definition) is 5. The smallest absolute Gasteiger partial charge is 0.338 e. The van der Waals surface area contributed by atoms with Gasteiger partial charge in [-0.05, 0) is 80.4 Å². The molecule has 0 saturated heterocycles. The molecule has 0 spiro atoms. The molecule has 1 N–H and O–H groups in total. The standard InChI is InChI=1S/C25H29NO6/c1-13(2)20(23(29)30)26-21(27)18-4-3-17(8-19(18)22(26)28)24(31)32-12-25-9-14-5-15(10-25)7-16(6-14)11-25/h3-4,8,13-16,20H,5-7,9-12H2,1-2H3,(H,29,30)/t14?,15?,16?,20-,25?/m1/s1. The van der Waals surface area contributed by atoms with Crippen LogP contribution < -0.4 is 0 Å². The second-order valence-electron chi connectivity index (χ2n) is 10.8. The lowest BCUT2D eigenvalue weighted by atomic mass is 9.50. The number of hydrogen-bond donors (Lipinski definition) is 1. The maximum atomic E-state index is 12.9. The minimum Gasteiger partial charge on any atom is -0.480 e. The second-order valence-corrected chi connectivity index (χ2v) is 10.8. The summed E-state index contributed by atoms with van der Waals surface area (Å²) < 4.78 is 5.74. The summed E-state index contributed by atoms with van der Waals surface area (Å²) in [5, 5.41) is 9.53. The van der Waals surface area contributed by atoms with Gasteiger partial charge in [-0.2, -0.15) is 0 Å². The Kier molecular flexibility index (Phi) is 4.91. The monoisotopic (exact) mass is 439 g/mol. The Hall–Kier alpha value is -2.70. The SMILES string of the molecule is CC(C)[C@H](C(=O)O)N1C(=O)c2ccc(C(=O)OCC34CC5CC(CC(C5)C3)C4)cc2C1=O. The van der Waals surface area contributed by atoms with Crippen LogP contribution in [0.25, 0.3) is 0 Å².